The highest BCUT2D eigenvalue weighted by Gasteiger charge is 2.43. The minimum absolute atomic E-state index is 0. The van der Waals surface area contributed by atoms with Gasteiger partial charge in [0.1, 0.15) is 12.4 Å². The summed E-state index contributed by atoms with van der Waals surface area (Å²) < 4.78 is 47.5. The Balaban J connectivity index is 0.00000368. The Morgan fingerprint density at radius 3 is 2.58 bits per heavy atom. The molecule has 0 bridgehead atoms. The van der Waals surface area contributed by atoms with Crippen molar-refractivity contribution in [2.24, 2.45) is 0 Å². The molecule has 0 radical (unpaired) electrons. The second-order valence-corrected chi connectivity index (χ2v) is 11.7. The molecule has 13 heteroatoms. The van der Waals surface area contributed by atoms with Gasteiger partial charge in [-0.3, -0.25) is 9.69 Å². The van der Waals surface area contributed by atoms with Gasteiger partial charge >= 0.3 is 6.01 Å². The van der Waals surface area contributed by atoms with Crippen molar-refractivity contribution in [3.63, 3.8) is 0 Å². The fourth-order valence-corrected chi connectivity index (χ4v) is 6.44. The molecule has 0 saturated carbocycles. The Labute approximate surface area is 256 Å². The number of hydrogen-bond donors (Lipinski definition) is 1. The zero-order valence-corrected chi connectivity index (χ0v) is 25.7. The first-order valence-corrected chi connectivity index (χ1v) is 14.3. The Morgan fingerprint density at radius 2 is 1.91 bits per heavy atom. The van der Waals surface area contributed by atoms with Gasteiger partial charge in [-0.1, -0.05) is 6.58 Å². The second-order valence-electron chi connectivity index (χ2n) is 11.7. The number of carbonyl (C=O) groups is 1. The van der Waals surface area contributed by atoms with Crippen LogP contribution in [0.25, 0.3) is 10.9 Å². The summed E-state index contributed by atoms with van der Waals surface area (Å²) in [7, 11) is 1.67. The number of benzene rings is 1. The molecular formula is C30H38F3N7O2S. The molecule has 9 nitrogen and oxygen atoms in total. The van der Waals surface area contributed by atoms with E-state index in [1.807, 2.05) is 6.20 Å². The van der Waals surface area contributed by atoms with E-state index in [4.69, 9.17) is 14.7 Å². The van der Waals surface area contributed by atoms with Crippen molar-refractivity contribution in [3.8, 4) is 6.01 Å². The molecule has 1 atom stereocenters. The number of aryl methyl sites for hydroxylation is 1. The molecule has 1 N–H and O–H groups in total. The summed E-state index contributed by atoms with van der Waals surface area (Å²) in [4.78, 5) is 32.5. The molecule has 3 aliphatic heterocycles. The standard InChI is InChI=1S/C30H36F3N7O2.H2S/c1-18-13-24-22(5-7-34-24)26(19(18)2)40-8-6-23-25(15-40)35-29(42-16-21-14-30(32,33)17-37(21)4)36-27(23)38-9-11-39(12-10-38)28(41)20(3)31;/h5,7,13,21,34H,3,6,8-12,14-17H2,1-2,4H3;1H2/t21-;/m0./s1. The molecular weight excluding hydrogens is 579 g/mol. The number of hydrogen-bond acceptors (Lipinski definition) is 7. The highest BCUT2D eigenvalue weighted by molar-refractivity contribution is 7.59. The maximum absolute atomic E-state index is 14.0. The number of H-pyrrole nitrogens is 1. The van der Waals surface area contributed by atoms with Crippen LogP contribution in [0.3, 0.4) is 0 Å². The van der Waals surface area contributed by atoms with Crippen LogP contribution in [0.5, 0.6) is 6.01 Å². The Morgan fingerprint density at radius 1 is 1.16 bits per heavy atom. The molecule has 1 aromatic carbocycles. The van der Waals surface area contributed by atoms with Crippen LogP contribution >= 0.6 is 13.5 Å². The van der Waals surface area contributed by atoms with Gasteiger partial charge in [-0.25, -0.2) is 13.2 Å². The van der Waals surface area contributed by atoms with Gasteiger partial charge in [0, 0.05) is 73.5 Å². The summed E-state index contributed by atoms with van der Waals surface area (Å²) in [5.74, 6) is -3.69. The van der Waals surface area contributed by atoms with Crippen molar-refractivity contribution in [2.45, 2.75) is 45.2 Å². The van der Waals surface area contributed by atoms with Crippen LogP contribution < -0.4 is 14.5 Å². The minimum Gasteiger partial charge on any atom is -0.462 e. The molecule has 0 unspecified atom stereocenters. The van der Waals surface area contributed by atoms with Gasteiger partial charge in [-0.05, 0) is 50.6 Å². The van der Waals surface area contributed by atoms with Crippen molar-refractivity contribution in [1.29, 1.82) is 0 Å². The number of aromatic amines is 1. The quantitative estimate of drug-likeness (QED) is 0.418. The smallest absolute Gasteiger partial charge is 0.318 e. The number of anilines is 2. The molecule has 2 fully saturated rings. The Bertz CT molecular complexity index is 1540. The van der Waals surface area contributed by atoms with Crippen LogP contribution in [0.2, 0.25) is 0 Å². The third-order valence-corrected chi connectivity index (χ3v) is 8.82. The van der Waals surface area contributed by atoms with Crippen molar-refractivity contribution in [1.82, 2.24) is 24.8 Å². The number of nitrogens with zero attached hydrogens (tertiary/aromatic N) is 6. The lowest BCUT2D eigenvalue weighted by atomic mass is 9.99. The fourth-order valence-electron chi connectivity index (χ4n) is 6.44. The predicted molar refractivity (Wildman–Crippen MR) is 165 cm³/mol. The molecule has 232 valence electrons. The summed E-state index contributed by atoms with van der Waals surface area (Å²) in [5, 5.41) is 1.15. The van der Waals surface area contributed by atoms with E-state index in [2.05, 4.69) is 47.3 Å². The van der Waals surface area contributed by atoms with Gasteiger partial charge < -0.3 is 24.4 Å². The van der Waals surface area contributed by atoms with Crippen LogP contribution in [0, 0.1) is 13.8 Å². The SMILES string of the molecule is C=C(F)C(=O)N1CCN(c2nc(OC[C@@H]3CC(F)(F)CN3C)nc3c2CCN(c2c(C)c(C)cc4[nH]ccc24)C3)CC1.S. The molecule has 2 aromatic heterocycles. The molecule has 6 rings (SSSR count). The van der Waals surface area contributed by atoms with Crippen molar-refractivity contribution in [3.05, 3.63) is 53.1 Å². The maximum Gasteiger partial charge on any atom is 0.318 e. The van der Waals surface area contributed by atoms with Crippen LogP contribution in [-0.4, -0.2) is 95.5 Å². The van der Waals surface area contributed by atoms with E-state index in [1.54, 1.807) is 11.9 Å². The summed E-state index contributed by atoms with van der Waals surface area (Å²) in [6, 6.07) is 3.95. The van der Waals surface area contributed by atoms with Gasteiger partial charge in [-0.2, -0.15) is 23.5 Å². The van der Waals surface area contributed by atoms with Gasteiger partial charge in [0.25, 0.3) is 11.8 Å². The van der Waals surface area contributed by atoms with Crippen LogP contribution in [-0.2, 0) is 17.8 Å². The average molecular weight is 618 g/mol. The largest absolute Gasteiger partial charge is 0.462 e. The number of amides is 1. The minimum atomic E-state index is -2.75. The number of rotatable bonds is 6. The number of fused-ring (bicyclic) bond motifs is 2. The van der Waals surface area contributed by atoms with Crippen molar-refractivity contribution >= 4 is 41.8 Å². The average Bonchev–Trinajstić information content (AvgIpc) is 3.52. The summed E-state index contributed by atoms with van der Waals surface area (Å²) in [6.07, 6.45) is 2.37. The number of halogens is 3. The van der Waals surface area contributed by atoms with Crippen LogP contribution in [0.15, 0.2) is 30.7 Å². The lowest BCUT2D eigenvalue weighted by molar-refractivity contribution is -0.128. The number of likely N-dealkylation sites (N-methyl/N-ethyl adjacent to an activating group) is 1. The number of carbonyl (C=O) groups excluding carboxylic acids is 1. The normalized spacial score (nSPS) is 20.2. The predicted octanol–water partition coefficient (Wildman–Crippen LogP) is 4.10. The number of likely N-dealkylation sites (tertiary alicyclic amines) is 1. The number of nitrogens with one attached hydrogen (secondary N) is 1. The molecule has 3 aromatic rings. The van der Waals surface area contributed by atoms with E-state index in [0.29, 0.717) is 39.1 Å². The zero-order valence-electron chi connectivity index (χ0n) is 24.7. The number of ether oxygens (including phenoxy) is 1. The molecule has 43 heavy (non-hydrogen) atoms. The van der Waals surface area contributed by atoms with Crippen LogP contribution in [0.4, 0.5) is 24.7 Å². The van der Waals surface area contributed by atoms with Crippen LogP contribution in [0.1, 0.15) is 28.8 Å². The summed E-state index contributed by atoms with van der Waals surface area (Å²) >= 11 is 0. The van der Waals surface area contributed by atoms with Gasteiger partial charge in [0.15, 0.2) is 5.83 Å². The fraction of sp³-hybridized carbons (Fsp3) is 0.500. The van der Waals surface area contributed by atoms with E-state index in [9.17, 15) is 18.0 Å². The number of alkyl halides is 2. The number of piperazine rings is 1. The third kappa shape index (κ3) is 6.01. The maximum atomic E-state index is 14.0. The zero-order chi connectivity index (χ0) is 29.8. The summed E-state index contributed by atoms with van der Waals surface area (Å²) in [5.41, 5.74) is 6.47. The Hall–Kier alpha value is -3.45. The first-order valence-electron chi connectivity index (χ1n) is 14.3. The first-order chi connectivity index (χ1) is 20.0. The van der Waals surface area contributed by atoms with E-state index in [0.717, 1.165) is 40.2 Å². The van der Waals surface area contributed by atoms with E-state index in [1.165, 1.54) is 16.0 Å². The molecule has 3 aliphatic rings. The highest BCUT2D eigenvalue weighted by Crippen LogP contribution is 2.38. The lowest BCUT2D eigenvalue weighted by Gasteiger charge is -2.38. The van der Waals surface area contributed by atoms with Crippen molar-refractivity contribution < 1.29 is 22.7 Å². The van der Waals surface area contributed by atoms with Gasteiger partial charge in [0.05, 0.1) is 18.8 Å². The Kier molecular flexibility index (Phi) is 8.59. The van der Waals surface area contributed by atoms with E-state index < -0.39 is 23.7 Å². The van der Waals surface area contributed by atoms with Gasteiger partial charge in [0.2, 0.25) is 0 Å². The molecule has 5 heterocycles. The highest BCUT2D eigenvalue weighted by atomic mass is 32.1. The molecule has 0 spiro atoms. The topological polar surface area (TPSA) is 80.8 Å². The third-order valence-electron chi connectivity index (χ3n) is 8.82. The van der Waals surface area contributed by atoms with Crippen molar-refractivity contribution in [2.75, 3.05) is 62.7 Å². The van der Waals surface area contributed by atoms with E-state index >= 15 is 0 Å². The molecule has 1 amide bonds. The summed E-state index contributed by atoms with van der Waals surface area (Å²) in [6.45, 7) is 10.0. The van der Waals surface area contributed by atoms with Gasteiger partial charge in [-0.15, -0.1) is 0 Å². The first kappa shape index (κ1) is 31.0. The molecule has 0 aliphatic carbocycles. The van der Waals surface area contributed by atoms with E-state index in [-0.39, 0.29) is 39.1 Å². The lowest BCUT2D eigenvalue weighted by Crippen LogP contribution is -2.49. The number of aromatic nitrogens is 3. The second kappa shape index (κ2) is 11.9. The monoisotopic (exact) mass is 617 g/mol. The molecule has 2 saturated heterocycles.